The number of carbonyl (C=O) groups excluding carboxylic acids is 1. The standard InChI is InChI=1S/C29H32N8O2/c1-35(2)13-5-7-25(38)36-16-20-14-22(15-21(20)17-36)37-29-26(28(30)32-18-33-29)27(34-37)19-8-10-23(11-9-19)39-24-6-3-4-12-31-24/h3-12,18,20-22H,13-17H2,1-2H3,(H2,30,32,33). The minimum atomic E-state index is 0.102. The third-order valence-corrected chi connectivity index (χ3v) is 7.62. The van der Waals surface area contributed by atoms with Gasteiger partial charge in [0.15, 0.2) is 5.65 Å². The lowest BCUT2D eigenvalue weighted by Gasteiger charge is -2.18. The zero-order valence-electron chi connectivity index (χ0n) is 22.1. The topological polar surface area (TPSA) is 115 Å². The number of benzene rings is 1. The van der Waals surface area contributed by atoms with Crippen molar-refractivity contribution in [3.63, 3.8) is 0 Å². The lowest BCUT2D eigenvalue weighted by atomic mass is 10.0. The second-order valence-corrected chi connectivity index (χ2v) is 10.6. The van der Waals surface area contributed by atoms with Crippen LogP contribution in [-0.4, -0.2) is 74.2 Å². The normalized spacial score (nSPS) is 20.8. The number of nitrogen functional groups attached to an aromatic ring is 1. The molecule has 200 valence electrons. The molecule has 2 fully saturated rings. The molecule has 3 aromatic heterocycles. The second-order valence-electron chi connectivity index (χ2n) is 10.6. The lowest BCUT2D eigenvalue weighted by Crippen LogP contribution is -2.28. The highest BCUT2D eigenvalue weighted by molar-refractivity contribution is 5.98. The van der Waals surface area contributed by atoms with Crippen LogP contribution in [0, 0.1) is 11.8 Å². The molecule has 1 saturated carbocycles. The molecule has 1 amide bonds. The number of ether oxygens (including phenoxy) is 1. The summed E-state index contributed by atoms with van der Waals surface area (Å²) in [6, 6.07) is 13.5. The van der Waals surface area contributed by atoms with Gasteiger partial charge in [0.05, 0.1) is 11.4 Å². The second kappa shape index (κ2) is 10.5. The number of nitrogens with zero attached hydrogens (tertiary/aromatic N) is 7. The molecule has 2 aliphatic rings. The average molecular weight is 525 g/mol. The zero-order chi connectivity index (χ0) is 26.9. The van der Waals surface area contributed by atoms with Crippen LogP contribution in [-0.2, 0) is 4.79 Å². The summed E-state index contributed by atoms with van der Waals surface area (Å²) in [6.07, 6.45) is 8.73. The molecule has 39 heavy (non-hydrogen) atoms. The van der Waals surface area contributed by atoms with Crippen molar-refractivity contribution in [1.29, 1.82) is 0 Å². The van der Waals surface area contributed by atoms with Crippen molar-refractivity contribution in [2.45, 2.75) is 18.9 Å². The van der Waals surface area contributed by atoms with Crippen molar-refractivity contribution < 1.29 is 9.53 Å². The van der Waals surface area contributed by atoms with Gasteiger partial charge in [0.25, 0.3) is 0 Å². The van der Waals surface area contributed by atoms with E-state index in [2.05, 4.69) is 15.0 Å². The Bertz CT molecular complexity index is 1490. The number of anilines is 1. The number of carbonyl (C=O) groups is 1. The Labute approximate surface area is 227 Å². The molecule has 1 aliphatic heterocycles. The first-order valence-electron chi connectivity index (χ1n) is 13.2. The number of hydrogen-bond donors (Lipinski definition) is 1. The van der Waals surface area contributed by atoms with E-state index >= 15 is 0 Å². The molecular formula is C29H32N8O2. The van der Waals surface area contributed by atoms with Crippen molar-refractivity contribution in [3.8, 4) is 22.9 Å². The third-order valence-electron chi connectivity index (χ3n) is 7.62. The minimum Gasteiger partial charge on any atom is -0.439 e. The molecular weight excluding hydrogens is 492 g/mol. The first-order valence-corrected chi connectivity index (χ1v) is 13.2. The molecule has 0 spiro atoms. The van der Waals surface area contributed by atoms with Crippen molar-refractivity contribution in [1.82, 2.24) is 34.5 Å². The van der Waals surface area contributed by atoms with Gasteiger partial charge < -0.3 is 20.3 Å². The Hall–Kier alpha value is -4.31. The number of nitrogens with two attached hydrogens (primary N) is 1. The van der Waals surface area contributed by atoms with Crippen molar-refractivity contribution in [2.75, 3.05) is 39.5 Å². The molecule has 0 radical (unpaired) electrons. The molecule has 2 N–H and O–H groups in total. The van der Waals surface area contributed by atoms with Crippen molar-refractivity contribution in [2.24, 2.45) is 11.8 Å². The smallest absolute Gasteiger partial charge is 0.246 e. The third kappa shape index (κ3) is 5.07. The van der Waals surface area contributed by atoms with Gasteiger partial charge >= 0.3 is 0 Å². The van der Waals surface area contributed by atoms with E-state index in [1.54, 1.807) is 12.3 Å². The molecule has 1 saturated heterocycles. The van der Waals surface area contributed by atoms with Crippen LogP contribution in [0.2, 0.25) is 0 Å². The van der Waals surface area contributed by atoms with Gasteiger partial charge in [-0.15, -0.1) is 0 Å². The number of pyridine rings is 1. The fourth-order valence-corrected chi connectivity index (χ4v) is 5.78. The Balaban J connectivity index is 1.21. The Morgan fingerprint density at radius 1 is 1.08 bits per heavy atom. The summed E-state index contributed by atoms with van der Waals surface area (Å²) in [7, 11) is 3.98. The minimum absolute atomic E-state index is 0.102. The van der Waals surface area contributed by atoms with Crippen LogP contribution in [0.1, 0.15) is 18.9 Å². The van der Waals surface area contributed by atoms with E-state index in [0.29, 0.717) is 29.3 Å². The molecule has 2 atom stereocenters. The highest BCUT2D eigenvalue weighted by atomic mass is 16.5. The number of likely N-dealkylation sites (N-methyl/N-ethyl adjacent to an activating group) is 1. The van der Waals surface area contributed by atoms with Gasteiger partial charge in [0, 0.05) is 43.5 Å². The predicted octanol–water partition coefficient (Wildman–Crippen LogP) is 3.79. The maximum Gasteiger partial charge on any atom is 0.246 e. The fraction of sp³-hybridized carbons (Fsp3) is 0.345. The Morgan fingerprint density at radius 2 is 1.85 bits per heavy atom. The highest BCUT2D eigenvalue weighted by Gasteiger charge is 2.43. The van der Waals surface area contributed by atoms with Crippen molar-refractivity contribution >= 4 is 22.8 Å². The molecule has 4 heterocycles. The summed E-state index contributed by atoms with van der Waals surface area (Å²) in [5.41, 5.74) is 8.76. The van der Waals surface area contributed by atoms with Crippen LogP contribution < -0.4 is 10.5 Å². The van der Waals surface area contributed by atoms with Crippen LogP contribution in [0.5, 0.6) is 11.6 Å². The summed E-state index contributed by atoms with van der Waals surface area (Å²) >= 11 is 0. The highest BCUT2D eigenvalue weighted by Crippen LogP contribution is 2.45. The van der Waals surface area contributed by atoms with Crippen LogP contribution in [0.3, 0.4) is 0 Å². The first-order chi connectivity index (χ1) is 19.0. The van der Waals surface area contributed by atoms with E-state index in [-0.39, 0.29) is 11.9 Å². The van der Waals surface area contributed by atoms with Crippen LogP contribution >= 0.6 is 0 Å². The summed E-state index contributed by atoms with van der Waals surface area (Å²) in [5, 5.41) is 5.80. The maximum absolute atomic E-state index is 12.7. The van der Waals surface area contributed by atoms with Crippen LogP contribution in [0.15, 0.2) is 67.1 Å². The van der Waals surface area contributed by atoms with Crippen molar-refractivity contribution in [3.05, 3.63) is 67.1 Å². The SMILES string of the molecule is CN(C)CC=CC(=O)N1CC2CC(n3nc(-c4ccc(Oc5ccccn5)cc4)c4c(N)ncnc43)CC2C1. The average Bonchev–Trinajstić information content (AvgIpc) is 3.62. The fourth-order valence-electron chi connectivity index (χ4n) is 5.78. The predicted molar refractivity (Wildman–Crippen MR) is 149 cm³/mol. The molecule has 6 rings (SSSR count). The first kappa shape index (κ1) is 25.0. The van der Waals surface area contributed by atoms with Gasteiger partial charge in [-0.05, 0) is 69.1 Å². The van der Waals surface area contributed by atoms with E-state index < -0.39 is 0 Å². The Kier molecular flexibility index (Phi) is 6.70. The Morgan fingerprint density at radius 3 is 2.54 bits per heavy atom. The van der Waals surface area contributed by atoms with Crippen LogP contribution in [0.25, 0.3) is 22.3 Å². The summed E-state index contributed by atoms with van der Waals surface area (Å²) in [5.74, 6) is 2.64. The van der Waals surface area contributed by atoms with E-state index in [4.69, 9.17) is 15.6 Å². The summed E-state index contributed by atoms with van der Waals surface area (Å²) in [4.78, 5) is 29.8. The van der Waals surface area contributed by atoms with E-state index in [1.807, 2.05) is 77.1 Å². The number of amides is 1. The molecule has 1 aromatic carbocycles. The number of fused-ring (bicyclic) bond motifs is 2. The van der Waals surface area contributed by atoms with E-state index in [0.717, 1.165) is 54.8 Å². The lowest BCUT2D eigenvalue weighted by molar-refractivity contribution is -0.125. The number of rotatable bonds is 7. The molecule has 4 aromatic rings. The molecule has 10 heteroatoms. The largest absolute Gasteiger partial charge is 0.439 e. The van der Waals surface area contributed by atoms with Gasteiger partial charge in [-0.3, -0.25) is 4.79 Å². The molecule has 2 unspecified atom stereocenters. The molecule has 10 nitrogen and oxygen atoms in total. The van der Waals surface area contributed by atoms with Gasteiger partial charge in [-0.1, -0.05) is 12.1 Å². The van der Waals surface area contributed by atoms with Gasteiger partial charge in [0.2, 0.25) is 11.8 Å². The van der Waals surface area contributed by atoms with E-state index in [9.17, 15) is 4.79 Å². The zero-order valence-corrected chi connectivity index (χ0v) is 22.1. The van der Waals surface area contributed by atoms with Crippen LogP contribution in [0.4, 0.5) is 5.82 Å². The number of aromatic nitrogens is 5. The van der Waals surface area contributed by atoms with E-state index in [1.165, 1.54) is 6.33 Å². The monoisotopic (exact) mass is 524 g/mol. The summed E-state index contributed by atoms with van der Waals surface area (Å²) in [6.45, 7) is 2.33. The van der Waals surface area contributed by atoms with Gasteiger partial charge in [-0.2, -0.15) is 5.10 Å². The maximum atomic E-state index is 12.7. The number of hydrogen-bond acceptors (Lipinski definition) is 8. The number of likely N-dealkylation sites (tertiary alicyclic amines) is 1. The summed E-state index contributed by atoms with van der Waals surface area (Å²) < 4.78 is 7.88. The molecule has 1 aliphatic carbocycles. The quantitative estimate of drug-likeness (QED) is 0.363. The molecule has 0 bridgehead atoms. The van der Waals surface area contributed by atoms with Gasteiger partial charge in [0.1, 0.15) is 23.6 Å². The van der Waals surface area contributed by atoms with Gasteiger partial charge in [-0.25, -0.2) is 19.6 Å².